The van der Waals surface area contributed by atoms with E-state index in [-0.39, 0.29) is 11.9 Å². The van der Waals surface area contributed by atoms with E-state index in [1.54, 1.807) is 16.7 Å². The molecule has 3 heterocycles. The molecule has 2 saturated heterocycles. The van der Waals surface area contributed by atoms with Crippen LogP contribution >= 0.6 is 11.6 Å². The quantitative estimate of drug-likeness (QED) is 0.562. The predicted molar refractivity (Wildman–Crippen MR) is 118 cm³/mol. The van der Waals surface area contributed by atoms with E-state index in [2.05, 4.69) is 21.4 Å². The second-order valence-electron chi connectivity index (χ2n) is 8.68. The first-order valence-corrected chi connectivity index (χ1v) is 12.9. The summed E-state index contributed by atoms with van der Waals surface area (Å²) in [4.78, 5) is 10.9. The monoisotopic (exact) mass is 454 g/mol. The topological polar surface area (TPSA) is 75.6 Å². The van der Waals surface area contributed by atoms with Crippen LogP contribution in [0.2, 0.25) is 5.02 Å². The van der Waals surface area contributed by atoms with Gasteiger partial charge in [-0.15, -0.1) is 6.58 Å². The highest BCUT2D eigenvalue weighted by Crippen LogP contribution is 2.48. The van der Waals surface area contributed by atoms with Crippen LogP contribution in [0.3, 0.4) is 0 Å². The second kappa shape index (κ2) is 9.51. The summed E-state index contributed by atoms with van der Waals surface area (Å²) in [7, 11) is -3.19. The summed E-state index contributed by atoms with van der Waals surface area (Å²) in [6.45, 7) is 7.45. The smallest absolute Gasteiger partial charge is 0.225 e. The van der Waals surface area contributed by atoms with Crippen LogP contribution in [-0.4, -0.2) is 67.3 Å². The van der Waals surface area contributed by atoms with Gasteiger partial charge in [0.05, 0.1) is 35.9 Å². The predicted octanol–water partition coefficient (Wildman–Crippen LogP) is 2.98. The van der Waals surface area contributed by atoms with E-state index in [0.717, 1.165) is 50.3 Å². The van der Waals surface area contributed by atoms with Crippen molar-refractivity contribution in [3.05, 3.63) is 30.1 Å². The number of hydrogen-bond donors (Lipinski definition) is 0. The van der Waals surface area contributed by atoms with E-state index in [1.807, 2.05) is 0 Å². The Hall–Kier alpha value is -1.22. The van der Waals surface area contributed by atoms with E-state index < -0.39 is 10.0 Å². The average Bonchev–Trinajstić information content (AvgIpc) is 3.53. The van der Waals surface area contributed by atoms with Gasteiger partial charge in [-0.2, -0.15) is 0 Å². The van der Waals surface area contributed by atoms with Crippen molar-refractivity contribution < 1.29 is 13.2 Å². The van der Waals surface area contributed by atoms with Gasteiger partial charge >= 0.3 is 0 Å². The normalized spacial score (nSPS) is 26.6. The van der Waals surface area contributed by atoms with Gasteiger partial charge in [0.25, 0.3) is 0 Å². The van der Waals surface area contributed by atoms with Crippen molar-refractivity contribution in [2.75, 3.05) is 43.4 Å². The van der Waals surface area contributed by atoms with Gasteiger partial charge in [-0.05, 0) is 49.9 Å². The average molecular weight is 455 g/mol. The highest BCUT2D eigenvalue weighted by molar-refractivity contribution is 7.89. The lowest BCUT2D eigenvalue weighted by Crippen LogP contribution is -2.41. The number of hydrogen-bond acceptors (Lipinski definition) is 6. The molecule has 7 nitrogen and oxygen atoms in total. The molecule has 1 saturated carbocycles. The molecule has 0 N–H and O–H groups in total. The van der Waals surface area contributed by atoms with E-state index in [9.17, 15) is 8.42 Å². The maximum Gasteiger partial charge on any atom is 0.225 e. The fourth-order valence-corrected chi connectivity index (χ4v) is 6.20. The molecule has 9 heteroatoms. The lowest BCUT2D eigenvalue weighted by atomic mass is 9.91. The summed E-state index contributed by atoms with van der Waals surface area (Å²) in [5.74, 6) is 2.98. The number of halogens is 1. The Bertz CT molecular complexity index is 819. The van der Waals surface area contributed by atoms with Crippen LogP contribution in [-0.2, 0) is 14.8 Å². The van der Waals surface area contributed by atoms with E-state index in [0.29, 0.717) is 24.0 Å². The Kier molecular flexibility index (Phi) is 6.97. The first kappa shape index (κ1) is 22.0. The number of sulfonamides is 1. The minimum atomic E-state index is -3.19. The van der Waals surface area contributed by atoms with Gasteiger partial charge in [-0.1, -0.05) is 17.7 Å². The number of anilines is 1. The molecule has 1 aliphatic carbocycles. The van der Waals surface area contributed by atoms with Crippen LogP contribution in [0.4, 0.5) is 5.95 Å². The fraction of sp³-hybridized carbons (Fsp3) is 0.714. The molecule has 3 aliphatic rings. The van der Waals surface area contributed by atoms with Crippen LogP contribution in [0.5, 0.6) is 0 Å². The van der Waals surface area contributed by atoms with Gasteiger partial charge in [0, 0.05) is 26.2 Å². The lowest BCUT2D eigenvalue weighted by Gasteiger charge is -2.32. The maximum absolute atomic E-state index is 12.1. The molecule has 4 rings (SSSR count). The third-order valence-corrected chi connectivity index (χ3v) is 8.68. The van der Waals surface area contributed by atoms with Gasteiger partial charge in [-0.25, -0.2) is 22.7 Å². The molecule has 2 unspecified atom stereocenters. The number of rotatable bonds is 8. The van der Waals surface area contributed by atoms with Crippen molar-refractivity contribution in [2.45, 2.75) is 38.2 Å². The van der Waals surface area contributed by atoms with Crippen molar-refractivity contribution in [2.24, 2.45) is 17.8 Å². The highest BCUT2D eigenvalue weighted by atomic mass is 35.5. The summed E-state index contributed by atoms with van der Waals surface area (Å²) in [5.41, 5.74) is 0. The van der Waals surface area contributed by atoms with Gasteiger partial charge in [0.1, 0.15) is 0 Å². The zero-order chi connectivity index (χ0) is 21.1. The third kappa shape index (κ3) is 5.33. The molecule has 1 aromatic heterocycles. The Labute approximate surface area is 184 Å². The standard InChI is InChI=1S/C21H31ClN4O3S/c1-2-11-30(27,28)26-9-5-19(6-10-26)29-15-17-12-20(17)16-3-7-25(8-4-16)21-23-13-18(22)14-24-21/h2,13-14,16-17,19-20H,1,3-12,15H2. The molecular weight excluding hydrogens is 424 g/mol. The Balaban J connectivity index is 1.15. The molecule has 0 spiro atoms. The fourth-order valence-electron chi connectivity index (χ4n) is 4.83. The Morgan fingerprint density at radius 1 is 1.13 bits per heavy atom. The largest absolute Gasteiger partial charge is 0.378 e. The first-order valence-electron chi connectivity index (χ1n) is 10.9. The second-order valence-corrected chi connectivity index (χ2v) is 11.1. The molecule has 0 aromatic carbocycles. The molecule has 0 radical (unpaired) electrons. The number of nitrogens with zero attached hydrogens (tertiary/aromatic N) is 4. The van der Waals surface area contributed by atoms with Crippen LogP contribution in [0.1, 0.15) is 32.1 Å². The van der Waals surface area contributed by atoms with Crippen LogP contribution < -0.4 is 4.90 Å². The number of ether oxygens (including phenoxy) is 1. The molecule has 0 amide bonds. The Morgan fingerprint density at radius 3 is 2.43 bits per heavy atom. The van der Waals surface area contributed by atoms with Gasteiger partial charge in [-0.3, -0.25) is 0 Å². The number of piperidine rings is 2. The first-order chi connectivity index (χ1) is 14.5. The molecule has 1 aromatic rings. The van der Waals surface area contributed by atoms with Crippen molar-refractivity contribution in [3.8, 4) is 0 Å². The van der Waals surface area contributed by atoms with Gasteiger partial charge in [0.15, 0.2) is 0 Å². The zero-order valence-corrected chi connectivity index (χ0v) is 18.9. The minimum absolute atomic E-state index is 0.0191. The van der Waals surface area contributed by atoms with Crippen molar-refractivity contribution in [3.63, 3.8) is 0 Å². The molecule has 0 bridgehead atoms. The van der Waals surface area contributed by atoms with Crippen molar-refractivity contribution in [1.82, 2.24) is 14.3 Å². The van der Waals surface area contributed by atoms with Crippen LogP contribution in [0, 0.1) is 17.8 Å². The van der Waals surface area contributed by atoms with Crippen molar-refractivity contribution in [1.29, 1.82) is 0 Å². The maximum atomic E-state index is 12.1. The third-order valence-electron chi connectivity index (χ3n) is 6.68. The Morgan fingerprint density at radius 2 is 1.80 bits per heavy atom. The molecular formula is C21H31ClN4O3S. The SMILES string of the molecule is C=CCS(=O)(=O)N1CCC(OCC2CC2C2CCN(c3ncc(Cl)cn3)CC2)CC1. The summed E-state index contributed by atoms with van der Waals surface area (Å²) in [6.07, 6.45) is 10.1. The summed E-state index contributed by atoms with van der Waals surface area (Å²) in [6, 6.07) is 0. The summed E-state index contributed by atoms with van der Waals surface area (Å²) < 4.78 is 32.0. The zero-order valence-electron chi connectivity index (χ0n) is 17.3. The molecule has 2 atom stereocenters. The highest BCUT2D eigenvalue weighted by Gasteiger charge is 2.44. The molecule has 3 fully saturated rings. The van der Waals surface area contributed by atoms with E-state index in [4.69, 9.17) is 16.3 Å². The van der Waals surface area contributed by atoms with E-state index in [1.165, 1.54) is 25.3 Å². The molecule has 166 valence electrons. The van der Waals surface area contributed by atoms with Crippen LogP contribution in [0.15, 0.2) is 25.0 Å². The van der Waals surface area contributed by atoms with E-state index >= 15 is 0 Å². The number of aromatic nitrogens is 2. The summed E-state index contributed by atoms with van der Waals surface area (Å²) in [5, 5.41) is 0.568. The minimum Gasteiger partial charge on any atom is -0.378 e. The van der Waals surface area contributed by atoms with Crippen LogP contribution in [0.25, 0.3) is 0 Å². The molecule has 2 aliphatic heterocycles. The molecule has 30 heavy (non-hydrogen) atoms. The summed E-state index contributed by atoms with van der Waals surface area (Å²) >= 11 is 5.88. The van der Waals surface area contributed by atoms with Gasteiger partial charge < -0.3 is 9.64 Å². The van der Waals surface area contributed by atoms with Crippen molar-refractivity contribution >= 4 is 27.6 Å². The van der Waals surface area contributed by atoms with Gasteiger partial charge in [0.2, 0.25) is 16.0 Å². The lowest BCUT2D eigenvalue weighted by molar-refractivity contribution is 0.0122.